The van der Waals surface area contributed by atoms with Crippen molar-refractivity contribution in [1.82, 2.24) is 4.98 Å². The number of hydrogen-bond acceptors (Lipinski definition) is 3. The number of rotatable bonds is 5. The molecule has 1 aromatic carbocycles. The van der Waals surface area contributed by atoms with Gasteiger partial charge >= 0.3 is 0 Å². The first-order valence-electron chi connectivity index (χ1n) is 6.22. The number of ether oxygens (including phenoxy) is 1. The molecule has 1 heterocycles. The predicted octanol–water partition coefficient (Wildman–Crippen LogP) is 5.12. The Morgan fingerprint density at radius 1 is 1.33 bits per heavy atom. The van der Waals surface area contributed by atoms with Gasteiger partial charge in [0.15, 0.2) is 0 Å². The number of hydrogen-bond donors (Lipinski definition) is 0. The Bertz CT molecular complexity index is 523. The normalized spacial score (nSPS) is 13.2. The summed E-state index contributed by atoms with van der Waals surface area (Å²) in [4.78, 5) is 4.38. The summed E-state index contributed by atoms with van der Waals surface area (Å²) in [7, 11) is 0. The van der Waals surface area contributed by atoms with Crippen molar-refractivity contribution in [3.05, 3.63) is 22.1 Å². The second kappa shape index (κ2) is 6.02. The van der Waals surface area contributed by atoms with Crippen molar-refractivity contribution in [3.63, 3.8) is 0 Å². The maximum absolute atomic E-state index is 5.92. The third-order valence-electron chi connectivity index (χ3n) is 2.80. The van der Waals surface area contributed by atoms with Crippen LogP contribution in [0, 0.1) is 11.8 Å². The van der Waals surface area contributed by atoms with Gasteiger partial charge in [-0.2, -0.15) is 0 Å². The summed E-state index contributed by atoms with van der Waals surface area (Å²) in [6, 6.07) is 4.02. The molecule has 0 bridgehead atoms. The average Bonchev–Trinajstić information content (AvgIpc) is 2.77. The number of thiazole rings is 1. The SMILES string of the molecule is CC(C)CC(C)COc1ccc(Br)c2scnc12. The van der Waals surface area contributed by atoms with Crippen LogP contribution < -0.4 is 4.74 Å². The van der Waals surface area contributed by atoms with Gasteiger partial charge < -0.3 is 4.74 Å². The summed E-state index contributed by atoms with van der Waals surface area (Å²) >= 11 is 5.17. The van der Waals surface area contributed by atoms with Gasteiger partial charge in [-0.3, -0.25) is 0 Å². The third kappa shape index (κ3) is 3.23. The molecule has 2 nitrogen and oxygen atoms in total. The van der Waals surface area contributed by atoms with Crippen molar-refractivity contribution < 1.29 is 4.74 Å². The van der Waals surface area contributed by atoms with Gasteiger partial charge in [-0.15, -0.1) is 11.3 Å². The molecule has 0 aliphatic carbocycles. The average molecular weight is 328 g/mol. The lowest BCUT2D eigenvalue weighted by Gasteiger charge is -2.15. The van der Waals surface area contributed by atoms with Crippen molar-refractivity contribution in [2.45, 2.75) is 27.2 Å². The zero-order valence-corrected chi connectivity index (χ0v) is 13.3. The van der Waals surface area contributed by atoms with Crippen molar-refractivity contribution in [2.24, 2.45) is 11.8 Å². The van der Waals surface area contributed by atoms with Crippen molar-refractivity contribution in [3.8, 4) is 5.75 Å². The fraction of sp³-hybridized carbons (Fsp3) is 0.500. The van der Waals surface area contributed by atoms with Crippen LogP contribution >= 0.6 is 27.3 Å². The lowest BCUT2D eigenvalue weighted by atomic mass is 10.00. The largest absolute Gasteiger partial charge is 0.491 e. The third-order valence-corrected chi connectivity index (χ3v) is 4.58. The summed E-state index contributed by atoms with van der Waals surface area (Å²) in [6.45, 7) is 7.48. The zero-order valence-electron chi connectivity index (χ0n) is 10.9. The molecule has 0 aliphatic rings. The van der Waals surface area contributed by atoms with E-state index in [1.807, 2.05) is 17.6 Å². The Morgan fingerprint density at radius 3 is 2.83 bits per heavy atom. The minimum absolute atomic E-state index is 0.572. The Kier molecular flexibility index (Phi) is 4.62. The highest BCUT2D eigenvalue weighted by atomic mass is 79.9. The lowest BCUT2D eigenvalue weighted by molar-refractivity contribution is 0.241. The molecular formula is C14H18BrNOS. The fourth-order valence-corrected chi connectivity index (χ4v) is 3.43. The molecule has 98 valence electrons. The first-order chi connectivity index (χ1) is 8.58. The molecule has 0 amide bonds. The van der Waals surface area contributed by atoms with Crippen LogP contribution in [-0.2, 0) is 0 Å². The Balaban J connectivity index is 2.08. The van der Waals surface area contributed by atoms with Crippen LogP contribution in [0.5, 0.6) is 5.75 Å². The van der Waals surface area contributed by atoms with Crippen LogP contribution in [0.3, 0.4) is 0 Å². The van der Waals surface area contributed by atoms with Crippen LogP contribution in [0.15, 0.2) is 22.1 Å². The summed E-state index contributed by atoms with van der Waals surface area (Å²) < 4.78 is 8.16. The summed E-state index contributed by atoms with van der Waals surface area (Å²) in [5, 5.41) is 0. The first kappa shape index (κ1) is 13.8. The number of fused-ring (bicyclic) bond motifs is 1. The molecule has 0 spiro atoms. The molecule has 18 heavy (non-hydrogen) atoms. The van der Waals surface area contributed by atoms with E-state index in [4.69, 9.17) is 4.74 Å². The quantitative estimate of drug-likeness (QED) is 0.760. The molecule has 0 N–H and O–H groups in total. The van der Waals surface area contributed by atoms with E-state index < -0.39 is 0 Å². The van der Waals surface area contributed by atoms with E-state index in [0.29, 0.717) is 11.8 Å². The molecular weight excluding hydrogens is 310 g/mol. The molecule has 0 saturated carbocycles. The first-order valence-corrected chi connectivity index (χ1v) is 7.89. The molecule has 2 rings (SSSR count). The molecule has 0 aliphatic heterocycles. The Hall–Kier alpha value is -0.610. The summed E-state index contributed by atoms with van der Waals surface area (Å²) in [6.07, 6.45) is 1.19. The zero-order chi connectivity index (χ0) is 13.1. The molecule has 0 radical (unpaired) electrons. The van der Waals surface area contributed by atoms with Crippen molar-refractivity contribution >= 4 is 37.5 Å². The van der Waals surface area contributed by atoms with Gasteiger partial charge in [-0.05, 0) is 46.3 Å². The molecule has 1 unspecified atom stereocenters. The van der Waals surface area contributed by atoms with Crippen molar-refractivity contribution in [2.75, 3.05) is 6.61 Å². The number of halogens is 1. The van der Waals surface area contributed by atoms with Gasteiger partial charge in [0.05, 0.1) is 16.8 Å². The van der Waals surface area contributed by atoms with Crippen LogP contribution in [0.1, 0.15) is 27.2 Å². The maximum Gasteiger partial charge on any atom is 0.146 e. The predicted molar refractivity (Wildman–Crippen MR) is 81.4 cm³/mol. The Labute approximate surface area is 121 Å². The number of benzene rings is 1. The maximum atomic E-state index is 5.92. The van der Waals surface area contributed by atoms with E-state index >= 15 is 0 Å². The highest BCUT2D eigenvalue weighted by Crippen LogP contribution is 2.33. The van der Waals surface area contributed by atoms with E-state index in [9.17, 15) is 0 Å². The smallest absolute Gasteiger partial charge is 0.146 e. The summed E-state index contributed by atoms with van der Waals surface area (Å²) in [5.41, 5.74) is 2.82. The van der Waals surface area contributed by atoms with E-state index in [-0.39, 0.29) is 0 Å². The molecule has 1 atom stereocenters. The van der Waals surface area contributed by atoms with Gasteiger partial charge in [-0.25, -0.2) is 4.98 Å². The molecule has 1 aromatic heterocycles. The van der Waals surface area contributed by atoms with Gasteiger partial charge in [0.2, 0.25) is 0 Å². The van der Waals surface area contributed by atoms with E-state index in [0.717, 1.165) is 27.0 Å². The molecule has 2 aromatic rings. The molecule has 4 heteroatoms. The van der Waals surface area contributed by atoms with E-state index in [1.165, 1.54) is 6.42 Å². The molecule has 0 fully saturated rings. The van der Waals surface area contributed by atoms with Crippen LogP contribution in [0.4, 0.5) is 0 Å². The van der Waals surface area contributed by atoms with Crippen LogP contribution in [0.25, 0.3) is 10.2 Å². The second-order valence-electron chi connectivity index (χ2n) is 5.12. The Morgan fingerprint density at radius 2 is 2.11 bits per heavy atom. The van der Waals surface area contributed by atoms with Gasteiger partial charge in [0.1, 0.15) is 11.3 Å². The monoisotopic (exact) mass is 327 g/mol. The van der Waals surface area contributed by atoms with Gasteiger partial charge in [-0.1, -0.05) is 20.8 Å². The van der Waals surface area contributed by atoms with Crippen LogP contribution in [-0.4, -0.2) is 11.6 Å². The van der Waals surface area contributed by atoms with Crippen molar-refractivity contribution in [1.29, 1.82) is 0 Å². The molecule has 0 saturated heterocycles. The van der Waals surface area contributed by atoms with Gasteiger partial charge in [0.25, 0.3) is 0 Å². The fourth-order valence-electron chi connectivity index (χ4n) is 2.12. The van der Waals surface area contributed by atoms with Gasteiger partial charge in [0, 0.05) is 4.47 Å². The highest BCUT2D eigenvalue weighted by Gasteiger charge is 2.11. The van der Waals surface area contributed by atoms with E-state index in [1.54, 1.807) is 11.3 Å². The summed E-state index contributed by atoms with van der Waals surface area (Å²) in [5.74, 6) is 2.18. The van der Waals surface area contributed by atoms with E-state index in [2.05, 4.69) is 41.7 Å². The lowest BCUT2D eigenvalue weighted by Crippen LogP contribution is -2.11. The number of aromatic nitrogens is 1. The van der Waals surface area contributed by atoms with Crippen LogP contribution in [0.2, 0.25) is 0 Å². The second-order valence-corrected chi connectivity index (χ2v) is 6.83. The highest BCUT2D eigenvalue weighted by molar-refractivity contribution is 9.10. The topological polar surface area (TPSA) is 22.1 Å². The minimum Gasteiger partial charge on any atom is -0.491 e. The number of nitrogens with zero attached hydrogens (tertiary/aromatic N) is 1. The minimum atomic E-state index is 0.572. The standard InChI is InChI=1S/C14H18BrNOS/c1-9(2)6-10(3)7-17-12-5-4-11(15)14-13(12)16-8-18-14/h4-5,8-10H,6-7H2,1-3H3.